The molecule has 1 fully saturated rings. The number of nitrogens with one attached hydrogen (secondary N) is 1. The Morgan fingerprint density at radius 3 is 2.96 bits per heavy atom. The number of nitrogens with zero attached hydrogens (tertiary/aromatic N) is 2. The maximum atomic E-state index is 12.4. The smallest absolute Gasteiger partial charge is 0.410 e. The number of ether oxygens (including phenoxy) is 1. The lowest BCUT2D eigenvalue weighted by atomic mass is 9.99. The first-order valence-electron chi connectivity index (χ1n) is 9.65. The van der Waals surface area contributed by atoms with Crippen molar-refractivity contribution in [2.24, 2.45) is 0 Å². The Bertz CT molecular complexity index is 916. The summed E-state index contributed by atoms with van der Waals surface area (Å²) in [7, 11) is 0. The molecule has 0 radical (unpaired) electrons. The molecule has 2 aromatic rings. The highest BCUT2D eigenvalue weighted by atomic mass is 32.1. The van der Waals surface area contributed by atoms with Crippen LogP contribution in [0.25, 0.3) is 11.3 Å². The van der Waals surface area contributed by atoms with E-state index in [-0.39, 0.29) is 17.9 Å². The van der Waals surface area contributed by atoms with E-state index in [0.717, 1.165) is 46.9 Å². The van der Waals surface area contributed by atoms with Crippen LogP contribution >= 0.6 is 11.3 Å². The number of anilines is 1. The Labute approximate surface area is 168 Å². The van der Waals surface area contributed by atoms with Crippen LogP contribution in [-0.2, 0) is 16.0 Å². The molecule has 1 unspecified atom stereocenters. The van der Waals surface area contributed by atoms with Crippen LogP contribution in [0.5, 0.6) is 0 Å². The Hall–Kier alpha value is -2.41. The Morgan fingerprint density at radius 1 is 1.36 bits per heavy atom. The Kier molecular flexibility index (Phi) is 4.87. The third kappa shape index (κ3) is 4.04. The number of hydrogen-bond donors (Lipinski definition) is 1. The van der Waals surface area contributed by atoms with Crippen molar-refractivity contribution in [3.8, 4) is 11.3 Å². The van der Waals surface area contributed by atoms with Gasteiger partial charge in [-0.1, -0.05) is 6.07 Å². The molecule has 1 atom stereocenters. The Morgan fingerprint density at radius 2 is 2.18 bits per heavy atom. The largest absolute Gasteiger partial charge is 0.444 e. The standard InChI is InChI=1S/C21H25N3O3S/c1-21(2,3)27-20(26)24-8-4-5-14(11-24)19-23-17(12-28-19)13-6-7-16-15(9-13)10-18(25)22-16/h6-7,9,12,14H,4-5,8,10-11H2,1-3H3,(H,22,25). The summed E-state index contributed by atoms with van der Waals surface area (Å²) in [5.41, 5.74) is 3.38. The average Bonchev–Trinajstić information content (AvgIpc) is 3.25. The van der Waals surface area contributed by atoms with Crippen molar-refractivity contribution in [1.82, 2.24) is 9.88 Å². The fourth-order valence-electron chi connectivity index (χ4n) is 3.67. The molecular weight excluding hydrogens is 374 g/mol. The summed E-state index contributed by atoms with van der Waals surface area (Å²) in [5, 5.41) is 5.98. The molecule has 6 nitrogen and oxygen atoms in total. The van der Waals surface area contributed by atoms with Gasteiger partial charge in [-0.25, -0.2) is 9.78 Å². The van der Waals surface area contributed by atoms with E-state index in [2.05, 4.69) is 10.7 Å². The highest BCUT2D eigenvalue weighted by molar-refractivity contribution is 7.10. The predicted octanol–water partition coefficient (Wildman–Crippen LogP) is 4.42. The summed E-state index contributed by atoms with van der Waals surface area (Å²) in [6.45, 7) is 7.04. The van der Waals surface area contributed by atoms with Gasteiger partial charge in [-0.2, -0.15) is 0 Å². The summed E-state index contributed by atoms with van der Waals surface area (Å²) in [6, 6.07) is 5.98. The van der Waals surface area contributed by atoms with E-state index in [1.807, 2.05) is 39.0 Å². The molecule has 1 aromatic heterocycles. The average molecular weight is 400 g/mol. The molecule has 3 heterocycles. The number of carbonyl (C=O) groups excluding carboxylic acids is 2. The highest BCUT2D eigenvalue weighted by Crippen LogP contribution is 2.34. The summed E-state index contributed by atoms with van der Waals surface area (Å²) >= 11 is 1.64. The van der Waals surface area contributed by atoms with Crippen molar-refractivity contribution in [1.29, 1.82) is 0 Å². The molecule has 28 heavy (non-hydrogen) atoms. The molecule has 1 aromatic carbocycles. The van der Waals surface area contributed by atoms with Crippen molar-refractivity contribution in [2.75, 3.05) is 18.4 Å². The number of fused-ring (bicyclic) bond motifs is 1. The van der Waals surface area contributed by atoms with Gasteiger partial charge in [-0.15, -0.1) is 11.3 Å². The number of likely N-dealkylation sites (tertiary alicyclic amines) is 1. The lowest BCUT2D eigenvalue weighted by Crippen LogP contribution is -2.42. The van der Waals surface area contributed by atoms with Gasteiger partial charge >= 0.3 is 6.09 Å². The van der Waals surface area contributed by atoms with Crippen LogP contribution in [0, 0.1) is 0 Å². The maximum Gasteiger partial charge on any atom is 0.410 e. The molecular formula is C21H25N3O3S. The first-order chi connectivity index (χ1) is 13.3. The fourth-order valence-corrected chi connectivity index (χ4v) is 4.62. The van der Waals surface area contributed by atoms with E-state index >= 15 is 0 Å². The van der Waals surface area contributed by atoms with Crippen LogP contribution in [0.15, 0.2) is 23.6 Å². The predicted molar refractivity (Wildman–Crippen MR) is 110 cm³/mol. The van der Waals surface area contributed by atoms with E-state index in [1.54, 1.807) is 16.2 Å². The maximum absolute atomic E-state index is 12.4. The van der Waals surface area contributed by atoms with E-state index in [1.165, 1.54) is 0 Å². The van der Waals surface area contributed by atoms with Crippen LogP contribution in [0.2, 0.25) is 0 Å². The zero-order valence-electron chi connectivity index (χ0n) is 16.4. The van der Waals surface area contributed by atoms with Crippen molar-refractivity contribution in [2.45, 2.75) is 51.6 Å². The molecule has 2 amide bonds. The highest BCUT2D eigenvalue weighted by Gasteiger charge is 2.30. The number of rotatable bonds is 2. The van der Waals surface area contributed by atoms with Crippen molar-refractivity contribution in [3.05, 3.63) is 34.2 Å². The second kappa shape index (κ2) is 7.20. The summed E-state index contributed by atoms with van der Waals surface area (Å²) in [5.74, 6) is 0.272. The van der Waals surface area contributed by atoms with Gasteiger partial charge in [-0.05, 0) is 51.3 Å². The first kappa shape index (κ1) is 18.9. The second-order valence-electron chi connectivity index (χ2n) is 8.43. The minimum atomic E-state index is -0.484. The molecule has 4 rings (SSSR count). The third-order valence-electron chi connectivity index (χ3n) is 4.97. The zero-order valence-corrected chi connectivity index (χ0v) is 17.3. The molecule has 1 N–H and O–H groups in total. The van der Waals surface area contributed by atoms with Crippen LogP contribution in [0.3, 0.4) is 0 Å². The zero-order chi connectivity index (χ0) is 19.9. The monoisotopic (exact) mass is 399 g/mol. The molecule has 7 heteroatoms. The van der Waals surface area contributed by atoms with Gasteiger partial charge in [-0.3, -0.25) is 4.79 Å². The number of piperidine rings is 1. The van der Waals surface area contributed by atoms with Crippen molar-refractivity contribution >= 4 is 29.0 Å². The van der Waals surface area contributed by atoms with Crippen LogP contribution in [0.4, 0.5) is 10.5 Å². The lowest BCUT2D eigenvalue weighted by Gasteiger charge is -2.33. The van der Waals surface area contributed by atoms with Gasteiger partial charge in [0.05, 0.1) is 17.1 Å². The van der Waals surface area contributed by atoms with Gasteiger partial charge in [0.15, 0.2) is 0 Å². The molecule has 0 saturated carbocycles. The van der Waals surface area contributed by atoms with E-state index < -0.39 is 5.60 Å². The van der Waals surface area contributed by atoms with E-state index in [4.69, 9.17) is 9.72 Å². The van der Waals surface area contributed by atoms with Crippen LogP contribution in [-0.4, -0.2) is 40.6 Å². The first-order valence-corrected chi connectivity index (χ1v) is 10.5. The number of hydrogen-bond acceptors (Lipinski definition) is 5. The SMILES string of the molecule is CC(C)(C)OC(=O)N1CCCC(c2nc(-c3ccc4c(c3)CC(=O)N4)cs2)C1. The Balaban J connectivity index is 1.48. The number of benzene rings is 1. The normalized spacial score (nSPS) is 19.3. The molecule has 0 aliphatic carbocycles. The van der Waals surface area contributed by atoms with E-state index in [9.17, 15) is 9.59 Å². The molecule has 0 spiro atoms. The van der Waals surface area contributed by atoms with Crippen LogP contribution in [0.1, 0.15) is 50.1 Å². The number of amides is 2. The minimum Gasteiger partial charge on any atom is -0.444 e. The minimum absolute atomic E-state index is 0.0376. The third-order valence-corrected chi connectivity index (χ3v) is 5.98. The molecule has 2 aliphatic heterocycles. The molecule has 0 bridgehead atoms. The van der Waals surface area contributed by atoms with Crippen molar-refractivity contribution in [3.63, 3.8) is 0 Å². The topological polar surface area (TPSA) is 71.5 Å². The number of aromatic nitrogens is 1. The summed E-state index contributed by atoms with van der Waals surface area (Å²) in [6.07, 6.45) is 2.15. The van der Waals surface area contributed by atoms with E-state index in [0.29, 0.717) is 13.0 Å². The second-order valence-corrected chi connectivity index (χ2v) is 9.32. The van der Waals surface area contributed by atoms with Crippen molar-refractivity contribution < 1.29 is 14.3 Å². The van der Waals surface area contributed by atoms with Crippen LogP contribution < -0.4 is 5.32 Å². The summed E-state index contributed by atoms with van der Waals surface area (Å²) < 4.78 is 5.52. The summed E-state index contributed by atoms with van der Waals surface area (Å²) in [4.78, 5) is 30.6. The molecule has 1 saturated heterocycles. The van der Waals surface area contributed by atoms with Gasteiger partial charge in [0.25, 0.3) is 0 Å². The van der Waals surface area contributed by atoms with Gasteiger partial charge in [0, 0.05) is 35.6 Å². The number of carbonyl (C=O) groups is 2. The fraction of sp³-hybridized carbons (Fsp3) is 0.476. The van der Waals surface area contributed by atoms with Gasteiger partial charge in [0.2, 0.25) is 5.91 Å². The quantitative estimate of drug-likeness (QED) is 0.811. The molecule has 148 valence electrons. The lowest BCUT2D eigenvalue weighted by molar-refractivity contribution is -0.115. The number of thiazole rings is 1. The van der Waals surface area contributed by atoms with Gasteiger partial charge in [0.1, 0.15) is 5.60 Å². The molecule has 2 aliphatic rings. The van der Waals surface area contributed by atoms with Gasteiger partial charge < -0.3 is 15.0 Å².